The Hall–Kier alpha value is -1.25. The number of anilines is 1. The third-order valence-electron chi connectivity index (χ3n) is 2.09. The molecule has 1 heterocycles. The van der Waals surface area contributed by atoms with Crippen molar-refractivity contribution in [3.63, 3.8) is 0 Å². The lowest BCUT2D eigenvalue weighted by atomic mass is 9.88. The van der Waals surface area contributed by atoms with Gasteiger partial charge in [-0.3, -0.25) is 4.79 Å². The predicted molar refractivity (Wildman–Crippen MR) is 59.9 cm³/mol. The van der Waals surface area contributed by atoms with Gasteiger partial charge < -0.3 is 10.3 Å². The summed E-state index contributed by atoms with van der Waals surface area (Å²) in [4.78, 5) is 14.8. The summed E-state index contributed by atoms with van der Waals surface area (Å²) in [7, 11) is 0. The summed E-state index contributed by atoms with van der Waals surface area (Å²) >= 11 is 0. The molecule has 1 rings (SSSR count). The molecule has 0 unspecified atom stereocenters. The van der Waals surface area contributed by atoms with Crippen LogP contribution < -0.4 is 10.7 Å². The van der Waals surface area contributed by atoms with Gasteiger partial charge in [0.25, 0.3) is 0 Å². The quantitative estimate of drug-likeness (QED) is 0.757. The Balaban J connectivity index is 3.09. The van der Waals surface area contributed by atoms with E-state index in [-0.39, 0.29) is 10.8 Å². The third-order valence-corrected chi connectivity index (χ3v) is 2.09. The molecule has 0 saturated heterocycles. The molecule has 3 heteroatoms. The van der Waals surface area contributed by atoms with Crippen molar-refractivity contribution < 1.29 is 0 Å². The highest BCUT2D eigenvalue weighted by molar-refractivity contribution is 5.36. The molecule has 0 aliphatic carbocycles. The molecule has 0 saturated carbocycles. The Morgan fingerprint density at radius 1 is 1.43 bits per heavy atom. The number of H-pyrrole nitrogens is 1. The molecule has 3 nitrogen and oxygen atoms in total. The van der Waals surface area contributed by atoms with Crippen LogP contribution in [0.3, 0.4) is 0 Å². The SMILES string of the molecule is CCNc1cc(=O)c(C(C)(C)C)c[nH]1. The molecule has 0 aliphatic heterocycles. The maximum Gasteiger partial charge on any atom is 0.187 e. The van der Waals surface area contributed by atoms with E-state index in [1.807, 2.05) is 27.7 Å². The van der Waals surface area contributed by atoms with Gasteiger partial charge in [-0.05, 0) is 12.3 Å². The summed E-state index contributed by atoms with van der Waals surface area (Å²) in [6.07, 6.45) is 1.79. The van der Waals surface area contributed by atoms with E-state index in [4.69, 9.17) is 0 Å². The summed E-state index contributed by atoms with van der Waals surface area (Å²) in [6.45, 7) is 8.90. The van der Waals surface area contributed by atoms with Crippen molar-refractivity contribution in [2.45, 2.75) is 33.1 Å². The second kappa shape index (κ2) is 3.86. The van der Waals surface area contributed by atoms with Crippen molar-refractivity contribution in [1.82, 2.24) is 4.98 Å². The van der Waals surface area contributed by atoms with Gasteiger partial charge >= 0.3 is 0 Å². The summed E-state index contributed by atoms with van der Waals surface area (Å²) in [6, 6.07) is 1.62. The number of pyridine rings is 1. The molecular formula is C11H18N2O. The number of hydrogen-bond donors (Lipinski definition) is 2. The van der Waals surface area contributed by atoms with E-state index < -0.39 is 0 Å². The van der Waals surface area contributed by atoms with Crippen LogP contribution in [0.25, 0.3) is 0 Å². The Bertz CT molecular complexity index is 360. The van der Waals surface area contributed by atoms with Crippen molar-refractivity contribution >= 4 is 5.82 Å². The minimum absolute atomic E-state index is 0.0900. The van der Waals surface area contributed by atoms with Crippen molar-refractivity contribution in [2.75, 3.05) is 11.9 Å². The van der Waals surface area contributed by atoms with E-state index in [0.29, 0.717) is 0 Å². The number of nitrogens with one attached hydrogen (secondary N) is 2. The van der Waals surface area contributed by atoms with Gasteiger partial charge in [0.05, 0.1) is 0 Å². The number of aromatic nitrogens is 1. The zero-order valence-corrected chi connectivity index (χ0v) is 9.27. The normalized spacial score (nSPS) is 11.4. The molecule has 14 heavy (non-hydrogen) atoms. The molecule has 0 aliphatic rings. The summed E-state index contributed by atoms with van der Waals surface area (Å²) < 4.78 is 0. The molecule has 1 aromatic rings. The van der Waals surface area contributed by atoms with Crippen molar-refractivity contribution in [3.05, 3.63) is 28.0 Å². The Labute approximate surface area is 84.6 Å². The minimum Gasteiger partial charge on any atom is -0.372 e. The highest BCUT2D eigenvalue weighted by Crippen LogP contribution is 2.18. The lowest BCUT2D eigenvalue weighted by molar-refractivity contribution is 0.583. The van der Waals surface area contributed by atoms with E-state index in [1.165, 1.54) is 0 Å². The number of aromatic amines is 1. The molecule has 2 N–H and O–H groups in total. The lowest BCUT2D eigenvalue weighted by Crippen LogP contribution is -2.22. The van der Waals surface area contributed by atoms with Gasteiger partial charge in [0, 0.05) is 24.4 Å². The van der Waals surface area contributed by atoms with Crippen molar-refractivity contribution in [2.24, 2.45) is 0 Å². The van der Waals surface area contributed by atoms with Crippen molar-refractivity contribution in [3.8, 4) is 0 Å². The van der Waals surface area contributed by atoms with E-state index in [9.17, 15) is 4.79 Å². The van der Waals surface area contributed by atoms with E-state index in [2.05, 4.69) is 10.3 Å². The van der Waals surface area contributed by atoms with Gasteiger partial charge in [0.1, 0.15) is 5.82 Å². The molecule has 0 aromatic carbocycles. The first-order valence-corrected chi connectivity index (χ1v) is 4.92. The lowest BCUT2D eigenvalue weighted by Gasteiger charge is -2.17. The predicted octanol–water partition coefficient (Wildman–Crippen LogP) is 2.10. The van der Waals surface area contributed by atoms with Crippen LogP contribution in [0.5, 0.6) is 0 Å². The molecular weight excluding hydrogens is 176 g/mol. The smallest absolute Gasteiger partial charge is 0.187 e. The fraction of sp³-hybridized carbons (Fsp3) is 0.545. The Kier molecular flexibility index (Phi) is 2.99. The fourth-order valence-electron chi connectivity index (χ4n) is 1.35. The molecule has 0 fully saturated rings. The monoisotopic (exact) mass is 194 g/mol. The van der Waals surface area contributed by atoms with Gasteiger partial charge in [-0.1, -0.05) is 20.8 Å². The van der Waals surface area contributed by atoms with Gasteiger partial charge in [-0.15, -0.1) is 0 Å². The summed E-state index contributed by atoms with van der Waals surface area (Å²) in [5.74, 6) is 0.783. The third kappa shape index (κ3) is 2.37. The van der Waals surface area contributed by atoms with Crippen LogP contribution >= 0.6 is 0 Å². The van der Waals surface area contributed by atoms with Gasteiger partial charge in [-0.2, -0.15) is 0 Å². The van der Waals surface area contributed by atoms with Crippen LogP contribution in [-0.4, -0.2) is 11.5 Å². The highest BCUT2D eigenvalue weighted by Gasteiger charge is 2.17. The van der Waals surface area contributed by atoms with Gasteiger partial charge in [0.15, 0.2) is 5.43 Å². The first-order chi connectivity index (χ1) is 6.45. The highest BCUT2D eigenvalue weighted by atomic mass is 16.1. The molecule has 0 radical (unpaired) electrons. The molecule has 0 atom stereocenters. The van der Waals surface area contributed by atoms with Crippen LogP contribution in [0.1, 0.15) is 33.3 Å². The fourth-order valence-corrected chi connectivity index (χ4v) is 1.35. The molecule has 0 bridgehead atoms. The molecule has 0 spiro atoms. The van der Waals surface area contributed by atoms with Gasteiger partial charge in [0.2, 0.25) is 0 Å². The topological polar surface area (TPSA) is 44.9 Å². The number of hydrogen-bond acceptors (Lipinski definition) is 2. The summed E-state index contributed by atoms with van der Waals surface area (Å²) in [5.41, 5.74) is 0.810. The van der Waals surface area contributed by atoms with Crippen LogP contribution in [0.15, 0.2) is 17.1 Å². The second-order valence-electron chi connectivity index (χ2n) is 4.40. The zero-order chi connectivity index (χ0) is 10.8. The molecule has 78 valence electrons. The van der Waals surface area contributed by atoms with Crippen LogP contribution in [-0.2, 0) is 5.41 Å². The zero-order valence-electron chi connectivity index (χ0n) is 9.27. The minimum atomic E-state index is -0.0989. The second-order valence-corrected chi connectivity index (χ2v) is 4.40. The Morgan fingerprint density at radius 2 is 2.07 bits per heavy atom. The van der Waals surface area contributed by atoms with E-state index in [0.717, 1.165) is 17.9 Å². The maximum absolute atomic E-state index is 11.7. The Morgan fingerprint density at radius 3 is 2.50 bits per heavy atom. The molecule has 1 aromatic heterocycles. The van der Waals surface area contributed by atoms with Crippen LogP contribution in [0.2, 0.25) is 0 Å². The first-order valence-electron chi connectivity index (χ1n) is 4.92. The van der Waals surface area contributed by atoms with E-state index in [1.54, 1.807) is 12.3 Å². The van der Waals surface area contributed by atoms with Gasteiger partial charge in [-0.25, -0.2) is 0 Å². The maximum atomic E-state index is 11.7. The van der Waals surface area contributed by atoms with Crippen LogP contribution in [0, 0.1) is 0 Å². The standard InChI is InChI=1S/C11H18N2O/c1-5-12-10-6-9(14)8(7-13-10)11(2,3)4/h6-7H,5H2,1-4H3,(H2,12,13,14). The average Bonchev–Trinajstić information content (AvgIpc) is 2.02. The number of rotatable bonds is 2. The summed E-state index contributed by atoms with van der Waals surface area (Å²) in [5, 5.41) is 3.07. The first kappa shape index (κ1) is 10.8. The largest absolute Gasteiger partial charge is 0.372 e. The van der Waals surface area contributed by atoms with Crippen molar-refractivity contribution in [1.29, 1.82) is 0 Å². The average molecular weight is 194 g/mol. The van der Waals surface area contributed by atoms with E-state index >= 15 is 0 Å². The van der Waals surface area contributed by atoms with Crippen LogP contribution in [0.4, 0.5) is 5.82 Å². The molecule has 0 amide bonds.